The fourth-order valence-corrected chi connectivity index (χ4v) is 2.48. The van der Waals surface area contributed by atoms with E-state index in [1.165, 1.54) is 30.4 Å². The van der Waals surface area contributed by atoms with Gasteiger partial charge in [0.15, 0.2) is 0 Å². The van der Waals surface area contributed by atoms with Crippen molar-refractivity contribution in [2.45, 2.75) is 32.1 Å². The van der Waals surface area contributed by atoms with E-state index in [-0.39, 0.29) is 0 Å². The smallest absolute Gasteiger partial charge is 0.142 e. The van der Waals surface area contributed by atoms with Gasteiger partial charge in [0.25, 0.3) is 0 Å². The van der Waals surface area contributed by atoms with Gasteiger partial charge >= 0.3 is 0 Å². The first-order chi connectivity index (χ1) is 7.76. The number of benzene rings is 1. The molecule has 2 rings (SSSR count). The SMILES string of the molecule is CN=C(NN)c1ccc2c(c1)CCC[C@@H]2C. The maximum atomic E-state index is 5.44. The van der Waals surface area contributed by atoms with Crippen molar-refractivity contribution in [1.29, 1.82) is 0 Å². The topological polar surface area (TPSA) is 50.4 Å². The number of rotatable bonds is 1. The zero-order valence-corrected chi connectivity index (χ0v) is 9.96. The molecule has 0 spiro atoms. The van der Waals surface area contributed by atoms with Crippen LogP contribution in [0.5, 0.6) is 0 Å². The van der Waals surface area contributed by atoms with Crippen LogP contribution >= 0.6 is 0 Å². The molecule has 3 heteroatoms. The zero-order valence-electron chi connectivity index (χ0n) is 9.96. The van der Waals surface area contributed by atoms with Crippen molar-refractivity contribution in [1.82, 2.24) is 5.43 Å². The summed E-state index contributed by atoms with van der Waals surface area (Å²) in [6.45, 7) is 2.30. The van der Waals surface area contributed by atoms with Crippen LogP contribution in [-0.2, 0) is 6.42 Å². The van der Waals surface area contributed by atoms with E-state index < -0.39 is 0 Å². The number of aryl methyl sites for hydroxylation is 1. The minimum absolute atomic E-state index is 0.686. The van der Waals surface area contributed by atoms with Crippen molar-refractivity contribution < 1.29 is 0 Å². The largest absolute Gasteiger partial charge is 0.308 e. The van der Waals surface area contributed by atoms with Gasteiger partial charge in [-0.3, -0.25) is 4.99 Å². The Morgan fingerprint density at radius 1 is 1.50 bits per heavy atom. The Kier molecular flexibility index (Phi) is 3.25. The molecular weight excluding hydrogens is 198 g/mol. The number of nitrogens with zero attached hydrogens (tertiary/aromatic N) is 1. The second-order valence-electron chi connectivity index (χ2n) is 4.42. The molecular formula is C13H19N3. The number of hydrogen-bond acceptors (Lipinski definition) is 2. The number of hydrogen-bond donors (Lipinski definition) is 2. The second kappa shape index (κ2) is 4.66. The van der Waals surface area contributed by atoms with E-state index in [4.69, 9.17) is 5.84 Å². The van der Waals surface area contributed by atoms with Crippen LogP contribution in [0.25, 0.3) is 0 Å². The molecule has 0 aromatic heterocycles. The van der Waals surface area contributed by atoms with Gasteiger partial charge in [0.2, 0.25) is 0 Å². The standard InChI is InChI=1S/C13H19N3/c1-9-4-3-5-10-8-11(6-7-12(9)10)13(15-2)16-14/h6-9H,3-5,14H2,1-2H3,(H,15,16)/t9-/m0/s1. The van der Waals surface area contributed by atoms with Gasteiger partial charge in [-0.25, -0.2) is 5.84 Å². The average Bonchev–Trinajstić information content (AvgIpc) is 2.31. The molecule has 1 aliphatic rings. The number of aliphatic imine (C=N–C) groups is 1. The minimum Gasteiger partial charge on any atom is -0.308 e. The fraction of sp³-hybridized carbons (Fsp3) is 0.462. The first-order valence-corrected chi connectivity index (χ1v) is 5.83. The van der Waals surface area contributed by atoms with Crippen LogP contribution in [0.3, 0.4) is 0 Å². The van der Waals surface area contributed by atoms with E-state index in [2.05, 4.69) is 35.5 Å². The van der Waals surface area contributed by atoms with Crippen LogP contribution < -0.4 is 11.3 Å². The van der Waals surface area contributed by atoms with Crippen molar-refractivity contribution in [2.24, 2.45) is 10.8 Å². The predicted octanol–water partition coefficient (Wildman–Crippen LogP) is 1.97. The number of nitrogens with one attached hydrogen (secondary N) is 1. The van der Waals surface area contributed by atoms with Gasteiger partial charge in [-0.2, -0.15) is 0 Å². The van der Waals surface area contributed by atoms with Gasteiger partial charge in [-0.05, 0) is 42.4 Å². The van der Waals surface area contributed by atoms with Gasteiger partial charge in [-0.1, -0.05) is 19.1 Å². The quantitative estimate of drug-likeness (QED) is 0.327. The second-order valence-corrected chi connectivity index (χ2v) is 4.42. The highest BCUT2D eigenvalue weighted by atomic mass is 15.2. The lowest BCUT2D eigenvalue weighted by molar-refractivity contribution is 0.590. The van der Waals surface area contributed by atoms with Crippen LogP contribution in [0.1, 0.15) is 42.4 Å². The Balaban J connectivity index is 2.39. The third-order valence-electron chi connectivity index (χ3n) is 3.39. The lowest BCUT2D eigenvalue weighted by Crippen LogP contribution is -2.31. The van der Waals surface area contributed by atoms with Crippen LogP contribution in [0, 0.1) is 0 Å². The molecule has 0 saturated heterocycles. The molecule has 0 aliphatic heterocycles. The first kappa shape index (κ1) is 11.1. The number of fused-ring (bicyclic) bond motifs is 1. The van der Waals surface area contributed by atoms with Gasteiger partial charge in [0.1, 0.15) is 5.84 Å². The van der Waals surface area contributed by atoms with Crippen LogP contribution in [0.15, 0.2) is 23.2 Å². The molecule has 86 valence electrons. The molecule has 1 atom stereocenters. The highest BCUT2D eigenvalue weighted by Gasteiger charge is 2.16. The summed E-state index contributed by atoms with van der Waals surface area (Å²) >= 11 is 0. The Labute approximate surface area is 96.7 Å². The lowest BCUT2D eigenvalue weighted by atomic mass is 9.83. The highest BCUT2D eigenvalue weighted by Crippen LogP contribution is 2.31. The maximum Gasteiger partial charge on any atom is 0.142 e. The third kappa shape index (κ3) is 1.95. The molecule has 1 aromatic rings. The molecule has 1 aliphatic carbocycles. The predicted molar refractivity (Wildman–Crippen MR) is 67.6 cm³/mol. The van der Waals surface area contributed by atoms with Gasteiger partial charge in [0.05, 0.1) is 0 Å². The van der Waals surface area contributed by atoms with Crippen LogP contribution in [-0.4, -0.2) is 12.9 Å². The van der Waals surface area contributed by atoms with E-state index in [1.807, 2.05) is 0 Å². The van der Waals surface area contributed by atoms with E-state index >= 15 is 0 Å². The summed E-state index contributed by atoms with van der Waals surface area (Å²) < 4.78 is 0. The Hall–Kier alpha value is -1.35. The van der Waals surface area contributed by atoms with Gasteiger partial charge in [0, 0.05) is 12.6 Å². The summed E-state index contributed by atoms with van der Waals surface area (Å²) in [5.41, 5.74) is 6.66. The van der Waals surface area contributed by atoms with E-state index in [0.29, 0.717) is 5.92 Å². The Bertz CT molecular complexity index is 410. The minimum atomic E-state index is 0.686. The third-order valence-corrected chi connectivity index (χ3v) is 3.39. The molecule has 0 radical (unpaired) electrons. The summed E-state index contributed by atoms with van der Waals surface area (Å²) in [5.74, 6) is 6.87. The first-order valence-electron chi connectivity index (χ1n) is 5.83. The van der Waals surface area contributed by atoms with E-state index in [9.17, 15) is 0 Å². The number of amidine groups is 1. The fourth-order valence-electron chi connectivity index (χ4n) is 2.48. The Morgan fingerprint density at radius 2 is 2.31 bits per heavy atom. The summed E-state index contributed by atoms with van der Waals surface area (Å²) in [5, 5.41) is 0. The summed E-state index contributed by atoms with van der Waals surface area (Å²) in [6, 6.07) is 6.53. The highest BCUT2D eigenvalue weighted by molar-refractivity contribution is 5.98. The normalized spacial score (nSPS) is 20.4. The van der Waals surface area contributed by atoms with Crippen molar-refractivity contribution in [2.75, 3.05) is 7.05 Å². The van der Waals surface area contributed by atoms with Crippen molar-refractivity contribution in [3.8, 4) is 0 Å². The van der Waals surface area contributed by atoms with Crippen molar-refractivity contribution in [3.05, 3.63) is 34.9 Å². The molecule has 1 aromatic carbocycles. The van der Waals surface area contributed by atoms with E-state index in [0.717, 1.165) is 11.4 Å². The zero-order chi connectivity index (χ0) is 11.5. The molecule has 3 N–H and O–H groups in total. The lowest BCUT2D eigenvalue weighted by Gasteiger charge is -2.23. The average molecular weight is 217 g/mol. The molecule has 0 bridgehead atoms. The van der Waals surface area contributed by atoms with Crippen LogP contribution in [0.4, 0.5) is 0 Å². The van der Waals surface area contributed by atoms with Crippen molar-refractivity contribution in [3.63, 3.8) is 0 Å². The Morgan fingerprint density at radius 3 is 3.00 bits per heavy atom. The summed E-state index contributed by atoms with van der Waals surface area (Å²) in [7, 11) is 1.75. The molecule has 3 nitrogen and oxygen atoms in total. The van der Waals surface area contributed by atoms with Gasteiger partial charge in [-0.15, -0.1) is 0 Å². The monoisotopic (exact) mass is 217 g/mol. The molecule has 16 heavy (non-hydrogen) atoms. The maximum absolute atomic E-state index is 5.44. The van der Waals surface area contributed by atoms with Gasteiger partial charge < -0.3 is 5.43 Å². The number of hydrazine groups is 1. The molecule has 0 amide bonds. The van der Waals surface area contributed by atoms with Crippen LogP contribution in [0.2, 0.25) is 0 Å². The van der Waals surface area contributed by atoms with E-state index in [1.54, 1.807) is 7.05 Å². The molecule has 0 unspecified atom stereocenters. The van der Waals surface area contributed by atoms with Crippen molar-refractivity contribution >= 4 is 5.84 Å². The molecule has 0 fully saturated rings. The molecule has 0 saturated carbocycles. The molecule has 0 heterocycles. The number of nitrogens with two attached hydrogens (primary N) is 1. The summed E-state index contributed by atoms with van der Waals surface area (Å²) in [6.07, 6.45) is 3.76. The summed E-state index contributed by atoms with van der Waals surface area (Å²) in [4.78, 5) is 4.13.